The Labute approximate surface area is 164 Å². The molecule has 148 valence electrons. The summed E-state index contributed by atoms with van der Waals surface area (Å²) in [6.07, 6.45) is 3.67. The third kappa shape index (κ3) is 6.89. The highest BCUT2D eigenvalue weighted by Gasteiger charge is 2.12. The van der Waals surface area contributed by atoms with E-state index in [0.29, 0.717) is 19.0 Å². The van der Waals surface area contributed by atoms with E-state index in [0.717, 1.165) is 23.7 Å². The van der Waals surface area contributed by atoms with Gasteiger partial charge in [0.2, 0.25) is 10.0 Å². The Morgan fingerprint density at radius 2 is 2.07 bits per heavy atom. The maximum absolute atomic E-state index is 12.1. The lowest BCUT2D eigenvalue weighted by atomic mass is 10.4. The normalized spacial score (nSPS) is 12.2. The summed E-state index contributed by atoms with van der Waals surface area (Å²) in [5.74, 6) is 0.656. The van der Waals surface area contributed by atoms with E-state index in [-0.39, 0.29) is 11.4 Å². The van der Waals surface area contributed by atoms with E-state index in [2.05, 4.69) is 37.2 Å². The van der Waals surface area contributed by atoms with Gasteiger partial charge in [-0.1, -0.05) is 0 Å². The first-order valence-electron chi connectivity index (χ1n) is 8.77. The molecule has 0 bridgehead atoms. The number of hydrogen-bond acceptors (Lipinski definition) is 6. The van der Waals surface area contributed by atoms with Crippen LogP contribution in [0.1, 0.15) is 22.5 Å². The third-order valence-corrected chi connectivity index (χ3v) is 6.25. The number of aromatic nitrogens is 2. The molecule has 3 N–H and O–H groups in total. The zero-order valence-electron chi connectivity index (χ0n) is 15.8. The molecule has 0 aromatic carbocycles. The minimum Gasteiger partial charge on any atom is -0.357 e. The fraction of sp³-hybridized carbons (Fsp3) is 0.471. The van der Waals surface area contributed by atoms with Crippen LogP contribution in [0.2, 0.25) is 0 Å². The number of sulfonamides is 1. The van der Waals surface area contributed by atoms with Crippen molar-refractivity contribution >= 4 is 27.3 Å². The zero-order valence-corrected chi connectivity index (χ0v) is 17.5. The molecule has 8 nitrogen and oxygen atoms in total. The quantitative estimate of drug-likeness (QED) is 0.326. The molecular formula is C17H26N6O2S2. The van der Waals surface area contributed by atoms with Gasteiger partial charge >= 0.3 is 0 Å². The number of thiazole rings is 1. The summed E-state index contributed by atoms with van der Waals surface area (Å²) in [6.45, 7) is 8.03. The van der Waals surface area contributed by atoms with Crippen LogP contribution in [-0.4, -0.2) is 50.5 Å². The van der Waals surface area contributed by atoms with Gasteiger partial charge in [0.05, 0.1) is 17.2 Å². The first-order valence-corrected chi connectivity index (χ1v) is 11.1. The predicted molar refractivity (Wildman–Crippen MR) is 109 cm³/mol. The van der Waals surface area contributed by atoms with Crippen molar-refractivity contribution in [3.8, 4) is 0 Å². The van der Waals surface area contributed by atoms with Gasteiger partial charge < -0.3 is 10.6 Å². The van der Waals surface area contributed by atoms with E-state index in [1.807, 2.05) is 13.8 Å². The third-order valence-electron chi connectivity index (χ3n) is 3.67. The smallest absolute Gasteiger partial charge is 0.242 e. The lowest BCUT2D eigenvalue weighted by molar-refractivity contribution is 0.581. The Hall–Kier alpha value is -2.04. The molecule has 0 aliphatic rings. The van der Waals surface area contributed by atoms with Crippen LogP contribution in [-0.2, 0) is 16.4 Å². The van der Waals surface area contributed by atoms with Crippen molar-refractivity contribution in [1.29, 1.82) is 0 Å². The van der Waals surface area contributed by atoms with E-state index in [1.54, 1.807) is 17.4 Å². The number of nitrogens with zero attached hydrogens (tertiary/aromatic N) is 3. The number of hydrogen-bond donors (Lipinski definition) is 3. The molecular weight excluding hydrogens is 384 g/mol. The van der Waals surface area contributed by atoms with Crippen molar-refractivity contribution in [2.45, 2.75) is 32.1 Å². The SMILES string of the molecule is CCNC(=NCCNS(=O)(=O)c1cccnc1)NCCc1nc(C)c(C)s1. The number of aryl methyl sites for hydroxylation is 2. The Kier molecular flexibility index (Phi) is 8.14. The van der Waals surface area contributed by atoms with Crippen LogP contribution in [0.3, 0.4) is 0 Å². The first-order chi connectivity index (χ1) is 12.9. The summed E-state index contributed by atoms with van der Waals surface area (Å²) in [4.78, 5) is 14.1. The second-order valence-electron chi connectivity index (χ2n) is 5.77. The molecule has 0 atom stereocenters. The summed E-state index contributed by atoms with van der Waals surface area (Å²) >= 11 is 1.71. The summed E-state index contributed by atoms with van der Waals surface area (Å²) < 4.78 is 26.8. The number of pyridine rings is 1. The maximum atomic E-state index is 12.1. The van der Waals surface area contributed by atoms with E-state index < -0.39 is 10.0 Å². The molecule has 0 radical (unpaired) electrons. The average molecular weight is 411 g/mol. The van der Waals surface area contributed by atoms with Crippen LogP contribution >= 0.6 is 11.3 Å². The molecule has 2 aromatic heterocycles. The Bertz CT molecular complexity index is 830. The Morgan fingerprint density at radius 3 is 2.70 bits per heavy atom. The zero-order chi connectivity index (χ0) is 19.7. The molecule has 0 amide bonds. The molecule has 2 heterocycles. The van der Waals surface area contributed by atoms with Crippen molar-refractivity contribution in [2.24, 2.45) is 4.99 Å². The molecule has 27 heavy (non-hydrogen) atoms. The average Bonchev–Trinajstić information content (AvgIpc) is 2.97. The summed E-state index contributed by atoms with van der Waals surface area (Å²) in [5, 5.41) is 7.49. The second kappa shape index (κ2) is 10.3. The van der Waals surface area contributed by atoms with Crippen molar-refractivity contribution in [3.63, 3.8) is 0 Å². The van der Waals surface area contributed by atoms with Gasteiger partial charge in [-0.05, 0) is 32.9 Å². The van der Waals surface area contributed by atoms with E-state index in [1.165, 1.54) is 23.3 Å². The molecule has 10 heteroatoms. The number of guanidine groups is 1. The molecule has 0 unspecified atom stereocenters. The summed E-state index contributed by atoms with van der Waals surface area (Å²) in [6, 6.07) is 3.09. The number of aliphatic imine (C=N–C) groups is 1. The fourth-order valence-electron chi connectivity index (χ4n) is 2.21. The molecule has 0 spiro atoms. The Balaban J connectivity index is 1.80. The topological polar surface area (TPSA) is 108 Å². The van der Waals surface area contributed by atoms with Crippen LogP contribution in [0.15, 0.2) is 34.4 Å². The molecule has 0 saturated heterocycles. The summed E-state index contributed by atoms with van der Waals surface area (Å²) in [7, 11) is -3.55. The number of rotatable bonds is 9. The van der Waals surface area contributed by atoms with Crippen LogP contribution in [0.25, 0.3) is 0 Å². The maximum Gasteiger partial charge on any atom is 0.242 e. The van der Waals surface area contributed by atoms with Crippen LogP contribution in [0.4, 0.5) is 0 Å². The van der Waals surface area contributed by atoms with Crippen molar-refractivity contribution < 1.29 is 8.42 Å². The van der Waals surface area contributed by atoms with Crippen LogP contribution in [0, 0.1) is 13.8 Å². The Morgan fingerprint density at radius 1 is 1.26 bits per heavy atom. The number of nitrogens with one attached hydrogen (secondary N) is 3. The largest absolute Gasteiger partial charge is 0.357 e. The lowest BCUT2D eigenvalue weighted by Gasteiger charge is -2.11. The van der Waals surface area contributed by atoms with E-state index in [9.17, 15) is 8.42 Å². The van der Waals surface area contributed by atoms with Gasteiger partial charge in [-0.3, -0.25) is 9.98 Å². The molecule has 0 fully saturated rings. The van der Waals surface area contributed by atoms with Gasteiger partial charge in [0.25, 0.3) is 0 Å². The van der Waals surface area contributed by atoms with E-state index in [4.69, 9.17) is 0 Å². The fourth-order valence-corrected chi connectivity index (χ4v) is 4.13. The van der Waals surface area contributed by atoms with Gasteiger partial charge in [0.15, 0.2) is 5.96 Å². The standard InChI is InChI=1S/C17H26N6O2S2/c1-4-19-17(20-9-7-16-23-13(2)14(3)26-16)21-10-11-22-27(24,25)15-6-5-8-18-12-15/h5-6,8,12,22H,4,7,9-11H2,1-3H3,(H2,19,20,21). The predicted octanol–water partition coefficient (Wildman–Crippen LogP) is 1.23. The van der Waals surface area contributed by atoms with Crippen LogP contribution in [0.5, 0.6) is 0 Å². The minimum atomic E-state index is -3.55. The first kappa shape index (κ1) is 21.3. The lowest BCUT2D eigenvalue weighted by Crippen LogP contribution is -2.39. The van der Waals surface area contributed by atoms with Gasteiger partial charge in [-0.25, -0.2) is 18.1 Å². The van der Waals surface area contributed by atoms with E-state index >= 15 is 0 Å². The minimum absolute atomic E-state index is 0.146. The van der Waals surface area contributed by atoms with Gasteiger partial charge in [-0.15, -0.1) is 11.3 Å². The van der Waals surface area contributed by atoms with Gasteiger partial charge in [0, 0.05) is 43.3 Å². The van der Waals surface area contributed by atoms with Crippen LogP contribution < -0.4 is 15.4 Å². The molecule has 2 rings (SSSR count). The monoisotopic (exact) mass is 410 g/mol. The van der Waals surface area contributed by atoms with Crippen molar-refractivity contribution in [3.05, 3.63) is 40.1 Å². The van der Waals surface area contributed by atoms with Crippen molar-refractivity contribution in [2.75, 3.05) is 26.2 Å². The highest BCUT2D eigenvalue weighted by atomic mass is 32.2. The molecule has 2 aromatic rings. The van der Waals surface area contributed by atoms with Gasteiger partial charge in [0.1, 0.15) is 4.90 Å². The summed E-state index contributed by atoms with van der Waals surface area (Å²) in [5.41, 5.74) is 1.08. The molecule has 0 aliphatic carbocycles. The van der Waals surface area contributed by atoms with Gasteiger partial charge in [-0.2, -0.15) is 0 Å². The highest BCUT2D eigenvalue weighted by molar-refractivity contribution is 7.89. The molecule has 0 saturated carbocycles. The molecule has 0 aliphatic heterocycles. The van der Waals surface area contributed by atoms with Crippen molar-refractivity contribution in [1.82, 2.24) is 25.3 Å². The second-order valence-corrected chi connectivity index (χ2v) is 8.83. The highest BCUT2D eigenvalue weighted by Crippen LogP contribution is 2.16.